The Morgan fingerprint density at radius 3 is 2.84 bits per heavy atom. The number of fused-ring (bicyclic) bond motifs is 2. The van der Waals surface area contributed by atoms with Gasteiger partial charge >= 0.3 is 0 Å². The van der Waals surface area contributed by atoms with Crippen molar-refractivity contribution in [3.63, 3.8) is 0 Å². The molecule has 5 heterocycles. The fraction of sp³-hybridized carbons (Fsp3) is 0.478. The number of carbonyl (C=O) groups is 1. The normalized spacial score (nSPS) is 19.1. The molecule has 0 unspecified atom stereocenters. The van der Waals surface area contributed by atoms with Crippen LogP contribution in [-0.4, -0.2) is 61.4 Å². The quantitative estimate of drug-likeness (QED) is 0.611. The number of aliphatic hydroxyl groups is 1. The van der Waals surface area contributed by atoms with Crippen molar-refractivity contribution in [1.82, 2.24) is 19.6 Å². The van der Waals surface area contributed by atoms with Crippen molar-refractivity contribution < 1.29 is 19.0 Å². The van der Waals surface area contributed by atoms with Crippen molar-refractivity contribution in [2.75, 3.05) is 24.6 Å². The number of nitrogens with zero attached hydrogens (tertiary/aromatic N) is 5. The molecule has 0 spiro atoms. The third-order valence-electron chi connectivity index (χ3n) is 6.28. The molecule has 0 amide bonds. The first kappa shape index (κ1) is 20.8. The zero-order valence-corrected chi connectivity index (χ0v) is 18.2. The van der Waals surface area contributed by atoms with Gasteiger partial charge in [0.15, 0.2) is 11.4 Å². The predicted molar refractivity (Wildman–Crippen MR) is 116 cm³/mol. The molecule has 0 atom stereocenters. The number of pyridine rings is 1. The van der Waals surface area contributed by atoms with Gasteiger partial charge in [-0.25, -0.2) is 13.9 Å². The molecule has 9 heteroatoms. The van der Waals surface area contributed by atoms with E-state index in [2.05, 4.69) is 10.1 Å². The van der Waals surface area contributed by atoms with Crippen LogP contribution in [-0.2, 0) is 12.8 Å². The number of aliphatic hydroxyl groups excluding tert-OH is 1. The number of aromatic nitrogens is 4. The molecule has 0 radical (unpaired) electrons. The first-order valence-electron chi connectivity index (χ1n) is 10.9. The van der Waals surface area contributed by atoms with Crippen molar-refractivity contribution in [3.05, 3.63) is 47.4 Å². The lowest BCUT2D eigenvalue weighted by Gasteiger charge is -2.36. The van der Waals surface area contributed by atoms with Crippen molar-refractivity contribution in [2.45, 2.75) is 50.8 Å². The molecule has 168 valence electrons. The fourth-order valence-corrected chi connectivity index (χ4v) is 4.52. The van der Waals surface area contributed by atoms with Crippen LogP contribution in [0.4, 0.5) is 10.2 Å². The van der Waals surface area contributed by atoms with Gasteiger partial charge in [0.25, 0.3) is 0 Å². The van der Waals surface area contributed by atoms with Crippen LogP contribution in [0.5, 0.6) is 5.88 Å². The number of hydrogen-bond acceptors (Lipinski definition) is 7. The minimum Gasteiger partial charge on any atom is -0.471 e. The zero-order valence-electron chi connectivity index (χ0n) is 18.2. The van der Waals surface area contributed by atoms with Crippen molar-refractivity contribution >= 4 is 17.2 Å². The first-order chi connectivity index (χ1) is 15.3. The SMILES string of the molecule is CC1(C)Cc2cc(CC(=O)c3cnn4cccnc34)c(N3CCC(F)(CO)CC3)nc2O1. The average Bonchev–Trinajstić information content (AvgIpc) is 3.33. The summed E-state index contributed by atoms with van der Waals surface area (Å²) in [6.07, 6.45) is 6.17. The van der Waals surface area contributed by atoms with Crippen LogP contribution in [0.25, 0.3) is 5.65 Å². The van der Waals surface area contributed by atoms with Crippen molar-refractivity contribution in [2.24, 2.45) is 0 Å². The maximum absolute atomic E-state index is 14.6. The van der Waals surface area contributed by atoms with E-state index in [0.29, 0.717) is 42.4 Å². The molecule has 1 N–H and O–H groups in total. The molecule has 2 aliphatic heterocycles. The van der Waals surface area contributed by atoms with Crippen LogP contribution in [0.1, 0.15) is 48.2 Å². The Balaban J connectivity index is 1.49. The van der Waals surface area contributed by atoms with Crippen LogP contribution in [0.15, 0.2) is 30.7 Å². The Bertz CT molecular complexity index is 1180. The van der Waals surface area contributed by atoms with Crippen LogP contribution in [0.3, 0.4) is 0 Å². The van der Waals surface area contributed by atoms with E-state index in [1.54, 1.807) is 23.0 Å². The second-order valence-corrected chi connectivity index (χ2v) is 9.32. The lowest BCUT2D eigenvalue weighted by Crippen LogP contribution is -2.44. The number of alkyl halides is 1. The summed E-state index contributed by atoms with van der Waals surface area (Å²) in [6.45, 7) is 4.34. The molecular formula is C23H26FN5O3. The predicted octanol–water partition coefficient (Wildman–Crippen LogP) is 2.56. The van der Waals surface area contributed by atoms with Crippen LogP contribution in [0.2, 0.25) is 0 Å². The van der Waals surface area contributed by atoms with Crippen molar-refractivity contribution in [3.8, 4) is 5.88 Å². The summed E-state index contributed by atoms with van der Waals surface area (Å²) in [6, 6.07) is 3.75. The average molecular weight is 439 g/mol. The monoisotopic (exact) mass is 439 g/mol. The van der Waals surface area contributed by atoms with E-state index in [9.17, 15) is 14.3 Å². The number of ether oxygens (including phenoxy) is 1. The van der Waals surface area contributed by atoms with E-state index in [1.807, 2.05) is 24.8 Å². The molecular weight excluding hydrogens is 413 g/mol. The molecule has 1 saturated heterocycles. The number of halogens is 1. The maximum atomic E-state index is 14.6. The van der Waals surface area contributed by atoms with E-state index in [-0.39, 0.29) is 30.6 Å². The van der Waals surface area contributed by atoms with Gasteiger partial charge in [0.2, 0.25) is 5.88 Å². The van der Waals surface area contributed by atoms with Crippen LogP contribution < -0.4 is 9.64 Å². The molecule has 32 heavy (non-hydrogen) atoms. The molecule has 3 aromatic rings. The summed E-state index contributed by atoms with van der Waals surface area (Å²) in [5.74, 6) is 1.10. The highest BCUT2D eigenvalue weighted by Gasteiger charge is 2.37. The van der Waals surface area contributed by atoms with Gasteiger partial charge in [-0.15, -0.1) is 0 Å². The number of piperidine rings is 1. The third kappa shape index (κ3) is 3.70. The second-order valence-electron chi connectivity index (χ2n) is 9.32. The molecule has 0 saturated carbocycles. The van der Waals surface area contributed by atoms with E-state index in [1.165, 1.54) is 6.20 Å². The molecule has 8 nitrogen and oxygen atoms in total. The molecule has 1 fully saturated rings. The molecule has 2 aliphatic rings. The summed E-state index contributed by atoms with van der Waals surface area (Å²) < 4.78 is 22.2. The van der Waals surface area contributed by atoms with Crippen LogP contribution >= 0.6 is 0 Å². The largest absolute Gasteiger partial charge is 0.471 e. The molecule has 0 aromatic carbocycles. The number of ketones is 1. The second kappa shape index (κ2) is 7.51. The topological polar surface area (TPSA) is 92.9 Å². The summed E-state index contributed by atoms with van der Waals surface area (Å²) >= 11 is 0. The maximum Gasteiger partial charge on any atom is 0.219 e. The number of carbonyl (C=O) groups excluding carboxylic acids is 1. The fourth-order valence-electron chi connectivity index (χ4n) is 4.52. The van der Waals surface area contributed by atoms with E-state index in [0.717, 1.165) is 11.1 Å². The molecule has 0 bridgehead atoms. The summed E-state index contributed by atoms with van der Waals surface area (Å²) in [4.78, 5) is 24.3. The van der Waals surface area contributed by atoms with Crippen LogP contribution in [0, 0.1) is 0 Å². The van der Waals surface area contributed by atoms with Gasteiger partial charge in [-0.3, -0.25) is 4.79 Å². The summed E-state index contributed by atoms with van der Waals surface area (Å²) in [5.41, 5.74) is 0.780. The summed E-state index contributed by atoms with van der Waals surface area (Å²) in [7, 11) is 0. The van der Waals surface area contributed by atoms with Gasteiger partial charge < -0.3 is 14.7 Å². The van der Waals surface area contributed by atoms with Gasteiger partial charge in [0.05, 0.1) is 18.4 Å². The number of rotatable bonds is 5. The Kier molecular flexibility index (Phi) is 4.88. The number of Topliss-reactive ketones (excluding diaryl/α,β-unsaturated/α-hetero) is 1. The highest BCUT2D eigenvalue weighted by atomic mass is 19.1. The van der Waals surface area contributed by atoms with Gasteiger partial charge in [-0.2, -0.15) is 10.1 Å². The van der Waals surface area contributed by atoms with Gasteiger partial charge in [-0.05, 0) is 26.0 Å². The molecule has 0 aliphatic carbocycles. The highest BCUT2D eigenvalue weighted by Crippen LogP contribution is 2.38. The van der Waals surface area contributed by atoms with E-state index in [4.69, 9.17) is 9.72 Å². The summed E-state index contributed by atoms with van der Waals surface area (Å²) in [5, 5.41) is 13.6. The third-order valence-corrected chi connectivity index (χ3v) is 6.28. The Morgan fingerprint density at radius 2 is 2.09 bits per heavy atom. The van der Waals surface area contributed by atoms with Gasteiger partial charge in [0.1, 0.15) is 17.1 Å². The zero-order chi connectivity index (χ0) is 22.5. The minimum atomic E-state index is -1.57. The molecule has 3 aromatic heterocycles. The molecule has 5 rings (SSSR count). The number of anilines is 1. The Labute approximate surface area is 185 Å². The lowest BCUT2D eigenvalue weighted by molar-refractivity contribution is 0.0479. The van der Waals surface area contributed by atoms with Gasteiger partial charge in [0, 0.05) is 62.3 Å². The Morgan fingerprint density at radius 1 is 1.31 bits per heavy atom. The smallest absolute Gasteiger partial charge is 0.219 e. The first-order valence-corrected chi connectivity index (χ1v) is 10.9. The standard InChI is InChI=1S/C23H26FN5O3/c1-22(2)12-16-10-15(11-18(31)17-13-26-29-7-3-6-25-20(17)29)19(27-21(16)32-22)28-8-4-23(24,14-30)5-9-28/h3,6-7,10,13,30H,4-5,8-9,11-12,14H2,1-2H3. The van der Waals surface area contributed by atoms with Gasteiger partial charge in [-0.1, -0.05) is 0 Å². The Hall–Kier alpha value is -3.07. The van der Waals surface area contributed by atoms with Crippen molar-refractivity contribution in [1.29, 1.82) is 0 Å². The highest BCUT2D eigenvalue weighted by molar-refractivity contribution is 6.02. The number of hydrogen-bond donors (Lipinski definition) is 1. The van der Waals surface area contributed by atoms with E-state index >= 15 is 0 Å². The minimum absolute atomic E-state index is 0.105. The lowest BCUT2D eigenvalue weighted by atomic mass is 9.93. The van der Waals surface area contributed by atoms with E-state index < -0.39 is 12.3 Å².